The summed E-state index contributed by atoms with van der Waals surface area (Å²) in [5.41, 5.74) is -0.384. The Kier molecular flexibility index (Phi) is 3.72. The summed E-state index contributed by atoms with van der Waals surface area (Å²) in [4.78, 5) is 31.8. The van der Waals surface area contributed by atoms with Gasteiger partial charge in [0.1, 0.15) is 0 Å². The van der Waals surface area contributed by atoms with Crippen LogP contribution in [0.4, 0.5) is 0 Å². The molecule has 0 atom stereocenters. The SMILES string of the molecule is CN(C)/C=C(/N=O)C(=O)C=O. The van der Waals surface area contributed by atoms with Crippen molar-refractivity contribution in [2.24, 2.45) is 5.18 Å². The van der Waals surface area contributed by atoms with Crippen LogP contribution in [0.2, 0.25) is 0 Å². The van der Waals surface area contributed by atoms with Gasteiger partial charge in [-0.25, -0.2) is 0 Å². The number of rotatable bonds is 4. The first-order valence-corrected chi connectivity index (χ1v) is 2.83. The van der Waals surface area contributed by atoms with E-state index in [4.69, 9.17) is 0 Å². The van der Waals surface area contributed by atoms with E-state index in [1.807, 2.05) is 0 Å². The first-order chi connectivity index (χ1) is 5.11. The van der Waals surface area contributed by atoms with Crippen LogP contribution in [0.3, 0.4) is 0 Å². The average Bonchev–Trinajstić information content (AvgIpc) is 1.98. The molecule has 0 aromatic heterocycles. The number of hydrogen-bond acceptors (Lipinski definition) is 5. The molecule has 0 aliphatic heterocycles. The Bertz CT molecular complexity index is 208. The van der Waals surface area contributed by atoms with E-state index in [1.165, 1.54) is 11.1 Å². The molecule has 0 heterocycles. The molecule has 0 bridgehead atoms. The third-order valence-electron chi connectivity index (χ3n) is 0.838. The molecule has 60 valence electrons. The van der Waals surface area contributed by atoms with Crippen molar-refractivity contribution in [2.45, 2.75) is 0 Å². The summed E-state index contributed by atoms with van der Waals surface area (Å²) in [6.45, 7) is 0. The topological polar surface area (TPSA) is 66.8 Å². The molecule has 0 N–H and O–H groups in total. The Morgan fingerprint density at radius 3 is 2.27 bits per heavy atom. The molecule has 0 rings (SSSR count). The third kappa shape index (κ3) is 3.24. The Hall–Kier alpha value is -1.52. The highest BCUT2D eigenvalue weighted by molar-refractivity contribution is 6.32. The van der Waals surface area contributed by atoms with Crippen molar-refractivity contribution in [3.8, 4) is 0 Å². The summed E-state index contributed by atoms with van der Waals surface area (Å²) in [5, 5.41) is 2.39. The minimum atomic E-state index is -0.909. The molecule has 0 saturated heterocycles. The fraction of sp³-hybridized carbons (Fsp3) is 0.333. The van der Waals surface area contributed by atoms with Gasteiger partial charge in [-0.3, -0.25) is 9.59 Å². The largest absolute Gasteiger partial charge is 0.382 e. The summed E-state index contributed by atoms with van der Waals surface area (Å²) < 4.78 is 0. The van der Waals surface area contributed by atoms with Crippen molar-refractivity contribution in [3.05, 3.63) is 16.8 Å². The van der Waals surface area contributed by atoms with E-state index in [0.29, 0.717) is 0 Å². The van der Waals surface area contributed by atoms with Gasteiger partial charge in [0.25, 0.3) is 0 Å². The summed E-state index contributed by atoms with van der Waals surface area (Å²) >= 11 is 0. The Morgan fingerprint density at radius 1 is 1.45 bits per heavy atom. The minimum Gasteiger partial charge on any atom is -0.382 e. The van der Waals surface area contributed by atoms with Crippen LogP contribution in [0, 0.1) is 4.91 Å². The van der Waals surface area contributed by atoms with Crippen molar-refractivity contribution < 1.29 is 9.59 Å². The molecule has 0 amide bonds. The molecule has 0 unspecified atom stereocenters. The van der Waals surface area contributed by atoms with Gasteiger partial charge in [0, 0.05) is 20.3 Å². The van der Waals surface area contributed by atoms with E-state index in [9.17, 15) is 14.5 Å². The van der Waals surface area contributed by atoms with Crippen molar-refractivity contribution in [1.82, 2.24) is 4.90 Å². The fourth-order valence-electron chi connectivity index (χ4n) is 0.437. The molecular weight excluding hydrogens is 148 g/mol. The number of carbonyl (C=O) groups excluding carboxylic acids is 2. The van der Waals surface area contributed by atoms with Crippen LogP contribution < -0.4 is 0 Å². The molecule has 0 aromatic carbocycles. The van der Waals surface area contributed by atoms with Gasteiger partial charge in [-0.15, -0.1) is 4.91 Å². The second-order valence-electron chi connectivity index (χ2n) is 2.05. The number of nitrogens with zero attached hydrogens (tertiary/aromatic N) is 2. The fourth-order valence-corrected chi connectivity index (χ4v) is 0.437. The first kappa shape index (κ1) is 9.48. The van der Waals surface area contributed by atoms with Crippen molar-refractivity contribution in [2.75, 3.05) is 14.1 Å². The predicted octanol–water partition coefficient (Wildman–Crippen LogP) is -0.0762. The molecule has 11 heavy (non-hydrogen) atoms. The molecule has 0 spiro atoms. The van der Waals surface area contributed by atoms with Gasteiger partial charge in [-0.05, 0) is 5.18 Å². The van der Waals surface area contributed by atoms with E-state index in [0.717, 1.165) is 0 Å². The number of hydrogen-bond donors (Lipinski definition) is 0. The quantitative estimate of drug-likeness (QED) is 0.247. The lowest BCUT2D eigenvalue weighted by molar-refractivity contribution is -0.127. The molecule has 0 fully saturated rings. The Morgan fingerprint density at radius 2 is 2.00 bits per heavy atom. The zero-order chi connectivity index (χ0) is 8.85. The lowest BCUT2D eigenvalue weighted by atomic mass is 10.3. The number of Topliss-reactive ketones (excluding diaryl/α,β-unsaturated/α-hetero) is 1. The number of carbonyl (C=O) groups is 2. The molecular formula is C6H8N2O3. The van der Waals surface area contributed by atoms with Crippen LogP contribution in [0.5, 0.6) is 0 Å². The summed E-state index contributed by atoms with van der Waals surface area (Å²) in [7, 11) is 3.23. The van der Waals surface area contributed by atoms with Gasteiger partial charge in [-0.1, -0.05) is 0 Å². The standard InChI is InChI=1S/C6H8N2O3/c1-8(2)3-5(7-11)6(10)4-9/h3-4H,1-2H3/b5-3+. The third-order valence-corrected chi connectivity index (χ3v) is 0.838. The number of ketones is 1. The van der Waals surface area contributed by atoms with Gasteiger partial charge >= 0.3 is 0 Å². The van der Waals surface area contributed by atoms with E-state index in [2.05, 4.69) is 5.18 Å². The van der Waals surface area contributed by atoms with Crippen molar-refractivity contribution >= 4 is 12.1 Å². The van der Waals surface area contributed by atoms with E-state index < -0.39 is 5.78 Å². The van der Waals surface area contributed by atoms with Crippen LogP contribution in [0.1, 0.15) is 0 Å². The molecule has 0 saturated carbocycles. The number of aldehydes is 1. The van der Waals surface area contributed by atoms with Crippen LogP contribution in [-0.4, -0.2) is 31.1 Å². The highest BCUT2D eigenvalue weighted by Gasteiger charge is 2.07. The Labute approximate surface area is 63.7 Å². The second-order valence-corrected chi connectivity index (χ2v) is 2.05. The van der Waals surface area contributed by atoms with Gasteiger partial charge in [0.2, 0.25) is 5.78 Å². The zero-order valence-corrected chi connectivity index (χ0v) is 6.27. The van der Waals surface area contributed by atoms with E-state index >= 15 is 0 Å². The van der Waals surface area contributed by atoms with E-state index in [-0.39, 0.29) is 12.0 Å². The lowest BCUT2D eigenvalue weighted by Crippen LogP contribution is -2.08. The van der Waals surface area contributed by atoms with Crippen LogP contribution in [0.15, 0.2) is 17.1 Å². The van der Waals surface area contributed by atoms with Crippen LogP contribution in [-0.2, 0) is 9.59 Å². The monoisotopic (exact) mass is 156 g/mol. The maximum Gasteiger partial charge on any atom is 0.248 e. The van der Waals surface area contributed by atoms with Gasteiger partial charge < -0.3 is 4.90 Å². The first-order valence-electron chi connectivity index (χ1n) is 2.83. The maximum absolute atomic E-state index is 10.5. The summed E-state index contributed by atoms with van der Waals surface area (Å²) in [6, 6.07) is 0. The number of allylic oxidation sites excluding steroid dienone is 1. The summed E-state index contributed by atoms with van der Waals surface area (Å²) in [6.07, 6.45) is 1.24. The predicted molar refractivity (Wildman–Crippen MR) is 38.6 cm³/mol. The molecule has 5 heteroatoms. The Balaban J connectivity index is 4.52. The minimum absolute atomic E-state index is 0.0523. The molecule has 0 aliphatic rings. The zero-order valence-electron chi connectivity index (χ0n) is 6.27. The molecule has 0 aliphatic carbocycles. The highest BCUT2D eigenvalue weighted by atomic mass is 16.3. The normalized spacial score (nSPS) is 10.5. The van der Waals surface area contributed by atoms with Gasteiger partial charge in [0.15, 0.2) is 12.0 Å². The molecule has 0 aromatic rings. The smallest absolute Gasteiger partial charge is 0.248 e. The van der Waals surface area contributed by atoms with Crippen molar-refractivity contribution in [3.63, 3.8) is 0 Å². The maximum atomic E-state index is 10.5. The van der Waals surface area contributed by atoms with Gasteiger partial charge in [-0.2, -0.15) is 0 Å². The second kappa shape index (κ2) is 4.32. The van der Waals surface area contributed by atoms with Crippen LogP contribution in [0.25, 0.3) is 0 Å². The summed E-state index contributed by atoms with van der Waals surface area (Å²) in [5.74, 6) is -0.909. The van der Waals surface area contributed by atoms with Gasteiger partial charge in [0.05, 0.1) is 0 Å². The number of nitroso groups, excluding NO2 is 1. The lowest BCUT2D eigenvalue weighted by Gasteiger charge is -2.02. The highest BCUT2D eigenvalue weighted by Crippen LogP contribution is 1.96. The van der Waals surface area contributed by atoms with E-state index in [1.54, 1.807) is 14.1 Å². The van der Waals surface area contributed by atoms with Crippen molar-refractivity contribution in [1.29, 1.82) is 0 Å². The molecule has 0 radical (unpaired) electrons. The van der Waals surface area contributed by atoms with Crippen LogP contribution >= 0.6 is 0 Å². The molecule has 5 nitrogen and oxygen atoms in total. The average molecular weight is 156 g/mol.